The van der Waals surface area contributed by atoms with E-state index in [1.54, 1.807) is 32.4 Å². The predicted octanol–water partition coefficient (Wildman–Crippen LogP) is 4.61. The normalized spacial score (nSPS) is 12.3. The van der Waals surface area contributed by atoms with Gasteiger partial charge in [0.25, 0.3) is 5.56 Å². The van der Waals surface area contributed by atoms with E-state index in [4.69, 9.17) is 0 Å². The number of aryl methyl sites for hydroxylation is 1. The van der Waals surface area contributed by atoms with Crippen molar-refractivity contribution in [1.82, 2.24) is 28.9 Å². The Bertz CT molecular complexity index is 1730. The molecule has 0 radical (unpaired) electrons. The fourth-order valence-electron chi connectivity index (χ4n) is 4.58. The number of nitrogens with one attached hydrogen (secondary N) is 1. The van der Waals surface area contributed by atoms with Gasteiger partial charge in [0.2, 0.25) is 0 Å². The zero-order valence-electron chi connectivity index (χ0n) is 19.3. The van der Waals surface area contributed by atoms with Crippen LogP contribution in [0, 0.1) is 0 Å². The summed E-state index contributed by atoms with van der Waals surface area (Å²) in [6.45, 7) is 2.04. The lowest BCUT2D eigenvalue weighted by Gasteiger charge is -2.22. The summed E-state index contributed by atoms with van der Waals surface area (Å²) >= 11 is 0. The molecule has 0 unspecified atom stereocenters. The highest BCUT2D eigenvalue weighted by atomic mass is 16.1. The van der Waals surface area contributed by atoms with Gasteiger partial charge in [-0.25, -0.2) is 4.98 Å². The molecule has 8 nitrogen and oxygen atoms in total. The molecule has 1 N–H and O–H groups in total. The van der Waals surface area contributed by atoms with Crippen molar-refractivity contribution in [2.45, 2.75) is 13.0 Å². The van der Waals surface area contributed by atoms with Crippen LogP contribution in [0.5, 0.6) is 0 Å². The number of benzene rings is 2. The van der Waals surface area contributed by atoms with Gasteiger partial charge in [-0.3, -0.25) is 14.0 Å². The molecule has 0 saturated carbocycles. The summed E-state index contributed by atoms with van der Waals surface area (Å²) in [5.41, 5.74) is 4.10. The maximum absolute atomic E-state index is 14.2. The van der Waals surface area contributed by atoms with Gasteiger partial charge in [0.05, 0.1) is 23.8 Å². The summed E-state index contributed by atoms with van der Waals surface area (Å²) in [6.07, 6.45) is 7.18. The molecule has 0 aliphatic heterocycles. The highest BCUT2D eigenvalue weighted by Gasteiger charge is 2.19. The second-order valence-corrected chi connectivity index (χ2v) is 8.52. The van der Waals surface area contributed by atoms with E-state index in [0.29, 0.717) is 5.39 Å². The molecule has 0 fully saturated rings. The molecule has 0 amide bonds. The van der Waals surface area contributed by atoms with Crippen molar-refractivity contribution >= 4 is 22.2 Å². The van der Waals surface area contributed by atoms with E-state index < -0.39 is 0 Å². The Kier molecular flexibility index (Phi) is 4.92. The van der Waals surface area contributed by atoms with E-state index in [0.717, 1.165) is 39.4 Å². The third-order valence-corrected chi connectivity index (χ3v) is 6.20. The maximum Gasteiger partial charge on any atom is 0.263 e. The number of hydrogen-bond acceptors (Lipinski definition) is 5. The lowest BCUT2D eigenvalue weighted by atomic mass is 9.99. The second kappa shape index (κ2) is 8.25. The number of hydrogen-bond donors (Lipinski definition) is 1. The molecule has 6 aromatic rings. The Balaban J connectivity index is 1.57. The quantitative estimate of drug-likeness (QED) is 0.406. The van der Waals surface area contributed by atoms with Crippen molar-refractivity contribution in [3.63, 3.8) is 0 Å². The van der Waals surface area contributed by atoms with Crippen molar-refractivity contribution in [2.75, 3.05) is 5.32 Å². The lowest BCUT2D eigenvalue weighted by Crippen LogP contribution is -2.26. The van der Waals surface area contributed by atoms with Crippen molar-refractivity contribution in [3.8, 4) is 16.8 Å². The summed E-state index contributed by atoms with van der Waals surface area (Å²) < 4.78 is 5.29. The lowest BCUT2D eigenvalue weighted by molar-refractivity contribution is 0.763. The van der Waals surface area contributed by atoms with Crippen molar-refractivity contribution in [3.05, 3.63) is 108 Å². The Morgan fingerprint density at radius 2 is 1.80 bits per heavy atom. The largest absolute Gasteiger partial charge is 0.362 e. The molecule has 0 aliphatic carbocycles. The topological polar surface area (TPSA) is 82.0 Å². The van der Waals surface area contributed by atoms with Crippen LogP contribution in [0.15, 0.2) is 96.3 Å². The first-order valence-electron chi connectivity index (χ1n) is 11.4. The number of anilines is 1. The number of aromatic nitrogens is 6. The fraction of sp³-hybridized carbons (Fsp3) is 0.111. The molecule has 0 spiro atoms. The van der Waals surface area contributed by atoms with E-state index >= 15 is 0 Å². The molecule has 0 bridgehead atoms. The van der Waals surface area contributed by atoms with E-state index in [1.165, 1.54) is 0 Å². The molecular formula is C27H23N7O. The zero-order valence-corrected chi connectivity index (χ0v) is 19.3. The van der Waals surface area contributed by atoms with Gasteiger partial charge in [-0.2, -0.15) is 14.7 Å². The highest BCUT2D eigenvalue weighted by molar-refractivity contribution is 5.96. The van der Waals surface area contributed by atoms with Crippen LogP contribution in [-0.4, -0.2) is 28.9 Å². The Morgan fingerprint density at radius 3 is 2.60 bits per heavy atom. The summed E-state index contributed by atoms with van der Waals surface area (Å²) in [5.74, 6) is 0.795. The molecule has 4 aromatic heterocycles. The first-order chi connectivity index (χ1) is 17.1. The highest BCUT2D eigenvalue weighted by Crippen LogP contribution is 2.30. The third kappa shape index (κ3) is 3.56. The van der Waals surface area contributed by atoms with Crippen molar-refractivity contribution in [1.29, 1.82) is 0 Å². The van der Waals surface area contributed by atoms with E-state index in [2.05, 4.69) is 26.6 Å². The summed E-state index contributed by atoms with van der Waals surface area (Å²) in [7, 11) is 1.87. The van der Waals surface area contributed by atoms with Gasteiger partial charge in [-0.1, -0.05) is 36.4 Å². The van der Waals surface area contributed by atoms with Crippen LogP contribution in [0.1, 0.15) is 18.7 Å². The summed E-state index contributed by atoms with van der Waals surface area (Å²) in [5, 5.41) is 13.8. The second-order valence-electron chi connectivity index (χ2n) is 8.52. The molecule has 2 aromatic carbocycles. The van der Waals surface area contributed by atoms with E-state index in [1.807, 2.05) is 80.8 Å². The SMILES string of the molecule is C[C@H](Nc1ccnc2ccnn12)c1cc2cccc(-c3cnn(C)c3)c2c(=O)n1-c1ccccc1. The van der Waals surface area contributed by atoms with Gasteiger partial charge in [0, 0.05) is 42.5 Å². The minimum absolute atomic E-state index is 0.0734. The molecule has 1 atom stereocenters. The van der Waals surface area contributed by atoms with Crippen LogP contribution in [0.4, 0.5) is 5.82 Å². The van der Waals surface area contributed by atoms with Crippen LogP contribution >= 0.6 is 0 Å². The summed E-state index contributed by atoms with van der Waals surface area (Å²) in [4.78, 5) is 18.5. The predicted molar refractivity (Wildman–Crippen MR) is 137 cm³/mol. The van der Waals surface area contributed by atoms with Crippen molar-refractivity contribution in [2.24, 2.45) is 7.05 Å². The zero-order chi connectivity index (χ0) is 23.9. The first kappa shape index (κ1) is 20.9. The molecule has 172 valence electrons. The Morgan fingerprint density at radius 1 is 0.943 bits per heavy atom. The molecule has 6 rings (SSSR count). The molecule has 35 heavy (non-hydrogen) atoms. The van der Waals surface area contributed by atoms with Gasteiger partial charge >= 0.3 is 0 Å². The number of nitrogens with zero attached hydrogens (tertiary/aromatic N) is 6. The van der Waals surface area contributed by atoms with E-state index in [9.17, 15) is 4.79 Å². The number of pyridine rings is 1. The summed E-state index contributed by atoms with van der Waals surface area (Å²) in [6, 6.07) is 21.3. The van der Waals surface area contributed by atoms with Gasteiger partial charge in [0.1, 0.15) is 5.82 Å². The molecule has 0 aliphatic rings. The number of fused-ring (bicyclic) bond motifs is 2. The first-order valence-corrected chi connectivity index (χ1v) is 11.4. The van der Waals surface area contributed by atoms with Crippen molar-refractivity contribution < 1.29 is 0 Å². The van der Waals surface area contributed by atoms with Gasteiger partial charge < -0.3 is 5.32 Å². The van der Waals surface area contributed by atoms with Gasteiger partial charge in [-0.15, -0.1) is 0 Å². The minimum atomic E-state index is -0.204. The van der Waals surface area contributed by atoms with Crippen LogP contribution in [-0.2, 0) is 7.05 Å². The molecule has 8 heteroatoms. The average molecular weight is 462 g/mol. The molecule has 0 saturated heterocycles. The Labute approximate surface area is 201 Å². The maximum atomic E-state index is 14.2. The van der Waals surface area contributed by atoms with Crippen LogP contribution in [0.25, 0.3) is 33.2 Å². The fourth-order valence-corrected chi connectivity index (χ4v) is 4.58. The minimum Gasteiger partial charge on any atom is -0.362 e. The standard InChI is InChI=1S/C27H23N7O/c1-18(31-25-11-13-28-24-12-14-29-34(24)25)23-15-19-7-6-10-22(20-16-30-32(2)17-20)26(19)27(35)33(23)21-8-4-3-5-9-21/h3-18,31H,1-2H3/t18-/m0/s1. The van der Waals surface area contributed by atoms with Crippen LogP contribution < -0.4 is 10.9 Å². The molecular weight excluding hydrogens is 438 g/mol. The van der Waals surface area contributed by atoms with Gasteiger partial charge in [-0.05, 0) is 42.1 Å². The average Bonchev–Trinajstić information content (AvgIpc) is 3.53. The van der Waals surface area contributed by atoms with Crippen LogP contribution in [0.2, 0.25) is 0 Å². The van der Waals surface area contributed by atoms with E-state index in [-0.39, 0.29) is 11.6 Å². The third-order valence-electron chi connectivity index (χ3n) is 6.20. The van der Waals surface area contributed by atoms with Gasteiger partial charge in [0.15, 0.2) is 5.65 Å². The Hall–Kier alpha value is -4.72. The molecule has 4 heterocycles. The smallest absolute Gasteiger partial charge is 0.263 e. The number of para-hydroxylation sites is 1. The monoisotopic (exact) mass is 461 g/mol. The van der Waals surface area contributed by atoms with Crippen LogP contribution in [0.3, 0.4) is 0 Å². The number of rotatable bonds is 5.